The van der Waals surface area contributed by atoms with Gasteiger partial charge >= 0.3 is 29.8 Å². The summed E-state index contributed by atoms with van der Waals surface area (Å²) < 4.78 is 9.05. The molecule has 1 saturated heterocycles. The maximum absolute atomic E-state index is 11.4. The lowest BCUT2D eigenvalue weighted by Crippen LogP contribution is -2.21. The van der Waals surface area contributed by atoms with Crippen molar-refractivity contribution in [3.05, 3.63) is 0 Å². The first-order chi connectivity index (χ1) is 18.3. The van der Waals surface area contributed by atoms with Gasteiger partial charge < -0.3 is 34.6 Å². The highest BCUT2D eigenvalue weighted by Crippen LogP contribution is 1.98. The van der Waals surface area contributed by atoms with E-state index in [0.717, 1.165) is 6.54 Å². The van der Waals surface area contributed by atoms with Crippen LogP contribution in [0.1, 0.15) is 78.6 Å². The first-order valence-electron chi connectivity index (χ1n) is 13.1. The monoisotopic (exact) mass is 564 g/mol. The number of nitrogens with zero attached hydrogens (tertiary/aromatic N) is 2. The SMILES string of the molecule is CCCN(C)CCC.CCN(C)CCC(=O)CCOC(=O)CCC(=O)O.O=C(O)CCC(=O)O.O=C1CCO1. The summed E-state index contributed by atoms with van der Waals surface area (Å²) in [5.41, 5.74) is 0. The summed E-state index contributed by atoms with van der Waals surface area (Å²) in [6, 6.07) is 0. The van der Waals surface area contributed by atoms with E-state index in [2.05, 4.69) is 30.5 Å². The Kier molecular flexibility index (Phi) is 29.0. The van der Waals surface area contributed by atoms with Crippen LogP contribution in [0.2, 0.25) is 0 Å². The molecule has 1 aliphatic rings. The molecule has 0 bridgehead atoms. The van der Waals surface area contributed by atoms with Crippen LogP contribution in [-0.2, 0) is 38.2 Å². The summed E-state index contributed by atoms with van der Waals surface area (Å²) in [5, 5.41) is 24.2. The molecule has 0 aromatic carbocycles. The minimum absolute atomic E-state index is 0.0348. The number of carboxylic acid groups (broad SMARTS) is 3. The molecule has 0 aromatic rings. The Hall–Kier alpha value is -3.06. The Bertz CT molecular complexity index is 688. The number of hydrogen-bond donors (Lipinski definition) is 3. The van der Waals surface area contributed by atoms with Crippen LogP contribution in [0.25, 0.3) is 0 Å². The fourth-order valence-electron chi connectivity index (χ4n) is 2.43. The number of carbonyl (C=O) groups excluding carboxylic acids is 3. The van der Waals surface area contributed by atoms with Crippen molar-refractivity contribution in [2.24, 2.45) is 0 Å². The van der Waals surface area contributed by atoms with Gasteiger partial charge in [0.1, 0.15) is 12.4 Å². The zero-order valence-electron chi connectivity index (χ0n) is 24.1. The van der Waals surface area contributed by atoms with E-state index < -0.39 is 23.9 Å². The molecule has 1 heterocycles. The fourth-order valence-corrected chi connectivity index (χ4v) is 2.43. The third kappa shape index (κ3) is 37.2. The molecular formula is C26H48N2O11. The second-order valence-corrected chi connectivity index (χ2v) is 8.61. The summed E-state index contributed by atoms with van der Waals surface area (Å²) in [5.74, 6) is -3.78. The van der Waals surface area contributed by atoms with E-state index in [-0.39, 0.29) is 50.5 Å². The number of ketones is 1. The number of carboxylic acids is 3. The smallest absolute Gasteiger partial charge is 0.309 e. The van der Waals surface area contributed by atoms with Gasteiger partial charge in [0.2, 0.25) is 0 Å². The lowest BCUT2D eigenvalue weighted by Gasteiger charge is -2.12. The molecule has 0 radical (unpaired) electrons. The van der Waals surface area contributed by atoms with Crippen LogP contribution >= 0.6 is 0 Å². The van der Waals surface area contributed by atoms with Crippen LogP contribution in [-0.4, -0.2) is 114 Å². The lowest BCUT2D eigenvalue weighted by atomic mass is 10.2. The van der Waals surface area contributed by atoms with Gasteiger partial charge in [-0.1, -0.05) is 20.8 Å². The van der Waals surface area contributed by atoms with Gasteiger partial charge in [-0.3, -0.25) is 28.8 Å². The molecule has 39 heavy (non-hydrogen) atoms. The van der Waals surface area contributed by atoms with Gasteiger partial charge in [0.25, 0.3) is 0 Å². The van der Waals surface area contributed by atoms with Crippen molar-refractivity contribution in [2.75, 3.05) is 53.5 Å². The summed E-state index contributed by atoms with van der Waals surface area (Å²) in [6.45, 7) is 11.2. The fraction of sp³-hybridized carbons (Fsp3) is 0.769. The largest absolute Gasteiger partial charge is 0.481 e. The number of rotatable bonds is 17. The van der Waals surface area contributed by atoms with Gasteiger partial charge in [0.05, 0.1) is 38.7 Å². The Morgan fingerprint density at radius 2 is 1.18 bits per heavy atom. The Morgan fingerprint density at radius 3 is 1.51 bits per heavy atom. The minimum Gasteiger partial charge on any atom is -0.481 e. The van der Waals surface area contributed by atoms with Crippen molar-refractivity contribution in [2.45, 2.75) is 78.6 Å². The molecule has 1 fully saturated rings. The van der Waals surface area contributed by atoms with E-state index in [1.807, 2.05) is 18.9 Å². The topological polar surface area (TPSA) is 188 Å². The standard InChI is InChI=1S/C12H21NO5.C7H17N.C4H6O4.C3H4O2/c1-3-13(2)8-6-10(14)7-9-18-12(17)5-4-11(15)16;1-4-6-8(3)7-5-2;5-3(6)1-2-4(7)8;4-3-1-2-5-3/h3-9H2,1-2H3,(H,15,16);4-7H2,1-3H3;1-2H2,(H,5,6)(H,7,8);1-2H2. The maximum atomic E-state index is 11.4. The molecule has 228 valence electrons. The number of hydrogen-bond acceptors (Lipinski definition) is 10. The predicted octanol–water partition coefficient (Wildman–Crippen LogP) is 2.30. The van der Waals surface area contributed by atoms with E-state index in [4.69, 9.17) is 20.1 Å². The number of Topliss-reactive ketones (excluding diaryl/α,β-unsaturated/α-hetero) is 1. The van der Waals surface area contributed by atoms with E-state index in [0.29, 0.717) is 26.0 Å². The summed E-state index contributed by atoms with van der Waals surface area (Å²) in [7, 11) is 4.10. The molecule has 0 amide bonds. The second-order valence-electron chi connectivity index (χ2n) is 8.61. The molecule has 0 unspecified atom stereocenters. The van der Waals surface area contributed by atoms with Crippen molar-refractivity contribution < 1.29 is 53.6 Å². The average molecular weight is 565 g/mol. The minimum atomic E-state index is -1.08. The maximum Gasteiger partial charge on any atom is 0.309 e. The number of ether oxygens (including phenoxy) is 2. The third-order valence-corrected chi connectivity index (χ3v) is 4.83. The van der Waals surface area contributed by atoms with Gasteiger partial charge in [-0.15, -0.1) is 0 Å². The first-order valence-corrected chi connectivity index (χ1v) is 13.1. The van der Waals surface area contributed by atoms with E-state index in [1.165, 1.54) is 25.9 Å². The zero-order valence-corrected chi connectivity index (χ0v) is 24.1. The van der Waals surface area contributed by atoms with E-state index in [1.54, 1.807) is 0 Å². The van der Waals surface area contributed by atoms with Gasteiger partial charge in [-0.25, -0.2) is 0 Å². The molecule has 0 spiro atoms. The molecule has 0 atom stereocenters. The van der Waals surface area contributed by atoms with Crippen molar-refractivity contribution in [3.63, 3.8) is 0 Å². The van der Waals surface area contributed by atoms with Crippen LogP contribution < -0.4 is 0 Å². The van der Waals surface area contributed by atoms with Crippen molar-refractivity contribution in [3.8, 4) is 0 Å². The molecule has 3 N–H and O–H groups in total. The van der Waals surface area contributed by atoms with Gasteiger partial charge in [0, 0.05) is 19.4 Å². The highest BCUT2D eigenvalue weighted by Gasteiger charge is 2.11. The molecule has 1 aliphatic heterocycles. The van der Waals surface area contributed by atoms with Crippen LogP contribution in [0, 0.1) is 0 Å². The normalized spacial score (nSPS) is 11.3. The Morgan fingerprint density at radius 1 is 0.744 bits per heavy atom. The van der Waals surface area contributed by atoms with Crippen LogP contribution in [0.4, 0.5) is 0 Å². The number of aliphatic carboxylic acids is 3. The number of cyclic esters (lactones) is 1. The molecular weight excluding hydrogens is 516 g/mol. The van der Waals surface area contributed by atoms with Gasteiger partial charge in [-0.05, 0) is 46.6 Å². The molecule has 0 aliphatic carbocycles. The highest BCUT2D eigenvalue weighted by atomic mass is 16.6. The number of carbonyl (C=O) groups is 6. The number of esters is 2. The average Bonchev–Trinajstić information content (AvgIpc) is 2.85. The third-order valence-electron chi connectivity index (χ3n) is 4.83. The van der Waals surface area contributed by atoms with Crippen LogP contribution in [0.15, 0.2) is 0 Å². The Labute approximate surface area is 231 Å². The molecule has 0 saturated carbocycles. The van der Waals surface area contributed by atoms with Crippen molar-refractivity contribution >= 4 is 35.6 Å². The van der Waals surface area contributed by atoms with Crippen LogP contribution in [0.5, 0.6) is 0 Å². The van der Waals surface area contributed by atoms with E-state index >= 15 is 0 Å². The summed E-state index contributed by atoms with van der Waals surface area (Å²) in [4.78, 5) is 66.0. The van der Waals surface area contributed by atoms with Crippen molar-refractivity contribution in [1.82, 2.24) is 9.80 Å². The van der Waals surface area contributed by atoms with Crippen LogP contribution in [0.3, 0.4) is 0 Å². The second kappa shape index (κ2) is 28.0. The first kappa shape index (κ1) is 40.4. The van der Waals surface area contributed by atoms with Gasteiger partial charge in [0.15, 0.2) is 0 Å². The predicted molar refractivity (Wildman–Crippen MR) is 143 cm³/mol. The zero-order chi connectivity index (χ0) is 30.6. The molecule has 1 rings (SSSR count). The lowest BCUT2D eigenvalue weighted by molar-refractivity contribution is -0.157. The van der Waals surface area contributed by atoms with Crippen molar-refractivity contribution in [1.29, 1.82) is 0 Å². The molecule has 13 heteroatoms. The Balaban J connectivity index is -0.000000507. The molecule has 13 nitrogen and oxygen atoms in total. The van der Waals surface area contributed by atoms with Gasteiger partial charge in [-0.2, -0.15) is 0 Å². The summed E-state index contributed by atoms with van der Waals surface area (Å²) >= 11 is 0. The highest BCUT2D eigenvalue weighted by molar-refractivity contribution is 5.79. The summed E-state index contributed by atoms with van der Waals surface area (Å²) in [6.07, 6.45) is 2.82. The quantitative estimate of drug-likeness (QED) is 0.218. The van der Waals surface area contributed by atoms with E-state index in [9.17, 15) is 28.8 Å². The molecule has 0 aromatic heterocycles.